The van der Waals surface area contributed by atoms with E-state index in [-0.39, 0.29) is 5.41 Å². The van der Waals surface area contributed by atoms with E-state index in [2.05, 4.69) is 119 Å². The largest absolute Gasteiger partial charge is 0.0622 e. The lowest BCUT2D eigenvalue weighted by Crippen LogP contribution is -2.11. The van der Waals surface area contributed by atoms with Crippen LogP contribution >= 0.6 is 31.9 Å². The predicted molar refractivity (Wildman–Crippen MR) is 111 cm³/mol. The number of rotatable bonds is 2. The lowest BCUT2D eigenvalue weighted by atomic mass is 9.83. The summed E-state index contributed by atoms with van der Waals surface area (Å²) in [7, 11) is 0. The normalized spacial score (nSPS) is 11.5. The van der Waals surface area contributed by atoms with Crippen molar-refractivity contribution in [2.75, 3.05) is 0 Å². The molecular formula is C22H20Br2. The molecule has 3 aromatic carbocycles. The van der Waals surface area contributed by atoms with Crippen LogP contribution in [0, 0.1) is 0 Å². The quantitative estimate of drug-likeness (QED) is 0.378. The minimum Gasteiger partial charge on any atom is -0.0622 e. The summed E-state index contributed by atoms with van der Waals surface area (Å²) >= 11 is 7.20. The second kappa shape index (κ2) is 6.85. The van der Waals surface area contributed by atoms with Crippen molar-refractivity contribution in [1.82, 2.24) is 0 Å². The molecule has 0 aliphatic carbocycles. The average molecular weight is 444 g/mol. The summed E-state index contributed by atoms with van der Waals surface area (Å²) in [6, 6.07) is 23.9. The van der Waals surface area contributed by atoms with E-state index in [1.807, 2.05) is 0 Å². The molecule has 0 heterocycles. The minimum atomic E-state index is 0.1000. The second-order valence-corrected chi connectivity index (χ2v) is 8.90. The van der Waals surface area contributed by atoms with Gasteiger partial charge in [0, 0.05) is 8.95 Å². The molecule has 3 rings (SSSR count). The van der Waals surface area contributed by atoms with Gasteiger partial charge >= 0.3 is 0 Å². The Bertz CT molecular complexity index is 839. The third kappa shape index (κ3) is 3.99. The number of benzene rings is 3. The first kappa shape index (κ1) is 17.4. The molecule has 0 fully saturated rings. The maximum atomic E-state index is 3.60. The smallest absolute Gasteiger partial charge is 0.0192 e. The van der Waals surface area contributed by atoms with Gasteiger partial charge in [-0.15, -0.1) is 0 Å². The zero-order valence-electron chi connectivity index (χ0n) is 14.1. The van der Waals surface area contributed by atoms with Crippen LogP contribution < -0.4 is 0 Å². The molecule has 0 unspecified atom stereocenters. The molecule has 0 aromatic heterocycles. The molecule has 122 valence electrons. The molecule has 0 radical (unpaired) electrons. The summed E-state index contributed by atoms with van der Waals surface area (Å²) in [6.45, 7) is 6.78. The standard InChI is InChI=1S/C22H20Br2/c1-22(2,3)19-10-16(15-7-5-4-6-8-15)9-17(11-19)18-12-20(23)14-21(24)13-18/h4-14H,1-3H3. The lowest BCUT2D eigenvalue weighted by Gasteiger charge is -2.22. The van der Waals surface area contributed by atoms with Gasteiger partial charge in [-0.2, -0.15) is 0 Å². The van der Waals surface area contributed by atoms with E-state index in [0.29, 0.717) is 0 Å². The molecule has 3 aromatic rings. The molecule has 24 heavy (non-hydrogen) atoms. The van der Waals surface area contributed by atoms with E-state index in [0.717, 1.165) is 8.95 Å². The number of halogens is 2. The van der Waals surface area contributed by atoms with Gasteiger partial charge in [0.1, 0.15) is 0 Å². The van der Waals surface area contributed by atoms with Crippen LogP contribution in [0.1, 0.15) is 26.3 Å². The van der Waals surface area contributed by atoms with Crippen molar-refractivity contribution in [2.45, 2.75) is 26.2 Å². The SMILES string of the molecule is CC(C)(C)c1cc(-c2ccccc2)cc(-c2cc(Br)cc(Br)c2)c1. The van der Waals surface area contributed by atoms with Crippen LogP contribution in [0.2, 0.25) is 0 Å². The fraction of sp³-hybridized carbons (Fsp3) is 0.182. The maximum absolute atomic E-state index is 3.60. The van der Waals surface area contributed by atoms with Crippen LogP contribution in [0.15, 0.2) is 75.7 Å². The highest BCUT2D eigenvalue weighted by Crippen LogP contribution is 2.35. The molecule has 0 aliphatic heterocycles. The first-order valence-corrected chi connectivity index (χ1v) is 9.59. The lowest BCUT2D eigenvalue weighted by molar-refractivity contribution is 0.590. The molecule has 0 saturated heterocycles. The summed E-state index contributed by atoms with van der Waals surface area (Å²) in [5.41, 5.74) is 6.40. The van der Waals surface area contributed by atoms with Crippen LogP contribution in [0.3, 0.4) is 0 Å². The van der Waals surface area contributed by atoms with Crippen molar-refractivity contribution in [3.05, 3.63) is 81.2 Å². The maximum Gasteiger partial charge on any atom is 0.0192 e. The topological polar surface area (TPSA) is 0 Å². The fourth-order valence-corrected chi connectivity index (χ4v) is 4.04. The Labute approximate surface area is 161 Å². The van der Waals surface area contributed by atoms with E-state index in [9.17, 15) is 0 Å². The predicted octanol–water partition coefficient (Wildman–Crippen LogP) is 7.84. The van der Waals surface area contributed by atoms with Gasteiger partial charge in [0.05, 0.1) is 0 Å². The molecule has 0 saturated carbocycles. The highest BCUT2D eigenvalue weighted by atomic mass is 79.9. The summed E-state index contributed by atoms with van der Waals surface area (Å²) < 4.78 is 2.16. The highest BCUT2D eigenvalue weighted by Gasteiger charge is 2.16. The zero-order valence-corrected chi connectivity index (χ0v) is 17.3. The molecule has 0 aliphatic rings. The van der Waals surface area contributed by atoms with Crippen LogP contribution in [0.5, 0.6) is 0 Å². The van der Waals surface area contributed by atoms with Gasteiger partial charge in [0.2, 0.25) is 0 Å². The summed E-state index contributed by atoms with van der Waals surface area (Å²) in [4.78, 5) is 0. The van der Waals surface area contributed by atoms with Gasteiger partial charge in [-0.1, -0.05) is 95.1 Å². The van der Waals surface area contributed by atoms with Crippen molar-refractivity contribution < 1.29 is 0 Å². The van der Waals surface area contributed by atoms with E-state index >= 15 is 0 Å². The Morgan fingerprint density at radius 3 is 1.62 bits per heavy atom. The van der Waals surface area contributed by atoms with Gasteiger partial charge in [-0.3, -0.25) is 0 Å². The zero-order chi connectivity index (χ0) is 17.3. The van der Waals surface area contributed by atoms with E-state index < -0.39 is 0 Å². The van der Waals surface area contributed by atoms with Crippen molar-refractivity contribution in [3.63, 3.8) is 0 Å². The Hall–Kier alpha value is -1.38. The summed E-state index contributed by atoms with van der Waals surface area (Å²) in [5, 5.41) is 0. The number of hydrogen-bond acceptors (Lipinski definition) is 0. The van der Waals surface area contributed by atoms with E-state index in [1.165, 1.54) is 27.8 Å². The van der Waals surface area contributed by atoms with Crippen LogP contribution in [0.25, 0.3) is 22.3 Å². The van der Waals surface area contributed by atoms with E-state index in [1.54, 1.807) is 0 Å². The monoisotopic (exact) mass is 442 g/mol. The van der Waals surface area contributed by atoms with Gasteiger partial charge in [-0.25, -0.2) is 0 Å². The van der Waals surface area contributed by atoms with Crippen molar-refractivity contribution >= 4 is 31.9 Å². The second-order valence-electron chi connectivity index (χ2n) is 7.07. The Kier molecular flexibility index (Phi) is 4.98. The molecule has 0 atom stereocenters. The van der Waals surface area contributed by atoms with E-state index in [4.69, 9.17) is 0 Å². The third-order valence-electron chi connectivity index (χ3n) is 4.10. The molecule has 0 nitrogen and oxygen atoms in total. The summed E-state index contributed by atoms with van der Waals surface area (Å²) in [5.74, 6) is 0. The van der Waals surface area contributed by atoms with Crippen LogP contribution in [0.4, 0.5) is 0 Å². The molecule has 0 bridgehead atoms. The molecule has 0 N–H and O–H groups in total. The first-order valence-electron chi connectivity index (χ1n) is 8.00. The van der Waals surface area contributed by atoms with Crippen molar-refractivity contribution in [3.8, 4) is 22.3 Å². The third-order valence-corrected chi connectivity index (χ3v) is 5.02. The molecule has 0 spiro atoms. The Morgan fingerprint density at radius 2 is 1.08 bits per heavy atom. The van der Waals surface area contributed by atoms with Crippen LogP contribution in [-0.2, 0) is 5.41 Å². The summed E-state index contributed by atoms with van der Waals surface area (Å²) in [6.07, 6.45) is 0. The fourth-order valence-electron chi connectivity index (χ4n) is 2.75. The Morgan fingerprint density at radius 1 is 0.583 bits per heavy atom. The van der Waals surface area contributed by atoms with Crippen molar-refractivity contribution in [2.24, 2.45) is 0 Å². The van der Waals surface area contributed by atoms with Gasteiger partial charge in [0.15, 0.2) is 0 Å². The Balaban J connectivity index is 2.22. The average Bonchev–Trinajstić information content (AvgIpc) is 2.53. The molecular weight excluding hydrogens is 424 g/mol. The van der Waals surface area contributed by atoms with Crippen molar-refractivity contribution in [1.29, 1.82) is 0 Å². The van der Waals surface area contributed by atoms with Gasteiger partial charge in [0.25, 0.3) is 0 Å². The minimum absolute atomic E-state index is 0.1000. The van der Waals surface area contributed by atoms with Gasteiger partial charge in [-0.05, 0) is 57.5 Å². The highest BCUT2D eigenvalue weighted by molar-refractivity contribution is 9.11. The number of hydrogen-bond donors (Lipinski definition) is 0. The van der Waals surface area contributed by atoms with Gasteiger partial charge < -0.3 is 0 Å². The molecule has 0 amide bonds. The molecule has 2 heteroatoms. The first-order chi connectivity index (χ1) is 11.3. The van der Waals surface area contributed by atoms with Crippen LogP contribution in [-0.4, -0.2) is 0 Å².